The third-order valence-electron chi connectivity index (χ3n) is 3.48. The smallest absolute Gasteiger partial charge is 0.254 e. The second-order valence-corrected chi connectivity index (χ2v) is 5.28. The summed E-state index contributed by atoms with van der Waals surface area (Å²) in [4.78, 5) is 30.9. The number of nitrogens with two attached hydrogens (primary N) is 2. The van der Waals surface area contributed by atoms with E-state index in [1.54, 1.807) is 0 Å². The van der Waals surface area contributed by atoms with Crippen LogP contribution in [0.4, 0.5) is 17.5 Å². The Morgan fingerprint density at radius 1 is 1.32 bits per heavy atom. The first-order valence-electron chi connectivity index (χ1n) is 7.64. The first-order valence-corrected chi connectivity index (χ1v) is 7.64. The monoisotopic (exact) mass is 344 g/mol. The first kappa shape index (κ1) is 18.1. The van der Waals surface area contributed by atoms with Crippen molar-refractivity contribution in [2.75, 3.05) is 17.2 Å². The number of carbonyl (C=O) groups excluding carboxylic acids is 2. The summed E-state index contributed by atoms with van der Waals surface area (Å²) >= 11 is 0. The highest BCUT2D eigenvalue weighted by atomic mass is 16.3. The highest BCUT2D eigenvalue weighted by molar-refractivity contribution is 5.98. The molecule has 0 fully saturated rings. The molecule has 9 nitrogen and oxygen atoms in total. The van der Waals surface area contributed by atoms with E-state index in [1.165, 1.54) is 6.20 Å². The van der Waals surface area contributed by atoms with Crippen LogP contribution in [0.5, 0.6) is 0 Å². The normalized spacial score (nSPS) is 11.6. The van der Waals surface area contributed by atoms with Gasteiger partial charge in [0.05, 0.1) is 6.61 Å². The van der Waals surface area contributed by atoms with Gasteiger partial charge in [-0.15, -0.1) is 0 Å². The van der Waals surface area contributed by atoms with Crippen molar-refractivity contribution >= 4 is 29.3 Å². The molecule has 25 heavy (non-hydrogen) atoms. The van der Waals surface area contributed by atoms with Gasteiger partial charge in [-0.25, -0.2) is 4.98 Å². The highest BCUT2D eigenvalue weighted by Gasteiger charge is 2.17. The number of aliphatic hydroxyl groups is 1. The number of amides is 2. The highest BCUT2D eigenvalue weighted by Crippen LogP contribution is 2.21. The van der Waals surface area contributed by atoms with Gasteiger partial charge in [-0.2, -0.15) is 4.98 Å². The number of nitrogens with one attached hydrogen (secondary N) is 2. The van der Waals surface area contributed by atoms with E-state index in [0.29, 0.717) is 0 Å². The molecule has 0 aliphatic carbocycles. The van der Waals surface area contributed by atoms with Gasteiger partial charge in [0.2, 0.25) is 11.9 Å². The molecule has 0 unspecified atom stereocenters. The maximum Gasteiger partial charge on any atom is 0.254 e. The number of carbonyl (C=O) groups is 2. The van der Waals surface area contributed by atoms with Crippen LogP contribution in [0.15, 0.2) is 30.5 Å². The zero-order valence-corrected chi connectivity index (χ0v) is 13.7. The average molecular weight is 344 g/mol. The van der Waals surface area contributed by atoms with Crippen molar-refractivity contribution in [3.8, 4) is 0 Å². The average Bonchev–Trinajstić information content (AvgIpc) is 2.59. The summed E-state index contributed by atoms with van der Waals surface area (Å²) in [7, 11) is 0. The van der Waals surface area contributed by atoms with Crippen molar-refractivity contribution in [2.24, 2.45) is 11.5 Å². The fourth-order valence-electron chi connectivity index (χ4n) is 2.10. The second-order valence-electron chi connectivity index (χ2n) is 5.28. The summed E-state index contributed by atoms with van der Waals surface area (Å²) in [5, 5.41) is 14.8. The molecule has 0 aliphatic heterocycles. The van der Waals surface area contributed by atoms with Gasteiger partial charge < -0.3 is 27.2 Å². The lowest BCUT2D eigenvalue weighted by molar-refractivity contribution is -0.119. The van der Waals surface area contributed by atoms with Gasteiger partial charge in [0.1, 0.15) is 17.4 Å². The lowest BCUT2D eigenvalue weighted by atomic mass is 10.1. The molecule has 2 rings (SSSR count). The van der Waals surface area contributed by atoms with Gasteiger partial charge in [-0.1, -0.05) is 19.1 Å². The largest absolute Gasteiger partial charge is 0.394 e. The molecule has 2 aromatic rings. The van der Waals surface area contributed by atoms with Crippen LogP contribution in [0.1, 0.15) is 22.8 Å². The zero-order chi connectivity index (χ0) is 18.4. The summed E-state index contributed by atoms with van der Waals surface area (Å²) in [6.45, 7) is 1.51. The van der Waals surface area contributed by atoms with Gasteiger partial charge in [-0.3, -0.25) is 9.59 Å². The van der Waals surface area contributed by atoms with Crippen molar-refractivity contribution < 1.29 is 14.7 Å². The molecule has 0 aliphatic rings. The number of aliphatic hydroxyl groups excluding tert-OH is 1. The van der Waals surface area contributed by atoms with Crippen molar-refractivity contribution in [3.63, 3.8) is 0 Å². The molecule has 0 radical (unpaired) electrons. The minimum Gasteiger partial charge on any atom is -0.394 e. The molecule has 0 saturated carbocycles. The molecule has 0 spiro atoms. The molecule has 7 N–H and O–H groups in total. The lowest BCUT2D eigenvalue weighted by Gasteiger charge is -2.15. The van der Waals surface area contributed by atoms with E-state index in [0.717, 1.165) is 17.7 Å². The molecule has 132 valence electrons. The van der Waals surface area contributed by atoms with Crippen LogP contribution in [0.3, 0.4) is 0 Å². The van der Waals surface area contributed by atoms with Crippen LogP contribution in [-0.2, 0) is 11.2 Å². The molecule has 1 atom stereocenters. The molecule has 1 aromatic heterocycles. The van der Waals surface area contributed by atoms with Crippen molar-refractivity contribution in [3.05, 3.63) is 41.6 Å². The molecule has 0 saturated heterocycles. The quantitative estimate of drug-likeness (QED) is 0.456. The molecule has 1 aromatic carbocycles. The summed E-state index contributed by atoms with van der Waals surface area (Å²) in [6.07, 6.45) is 2.09. The number of primary amides is 2. The van der Waals surface area contributed by atoms with E-state index >= 15 is 0 Å². The number of benzene rings is 1. The Balaban J connectivity index is 2.34. The Morgan fingerprint density at radius 3 is 2.68 bits per heavy atom. The minimum atomic E-state index is -1.05. The SMILES string of the molecule is CCc1cccc(Nc2nc(N[C@H](CO)C(N)=O)ncc2C(N)=O)c1. The third kappa shape index (κ3) is 4.64. The molecule has 0 bridgehead atoms. The van der Waals surface area contributed by atoms with Gasteiger partial charge in [0, 0.05) is 11.9 Å². The van der Waals surface area contributed by atoms with Gasteiger partial charge in [0.25, 0.3) is 5.91 Å². The topological polar surface area (TPSA) is 156 Å². The number of hydrogen-bond acceptors (Lipinski definition) is 7. The Labute approximate surface area is 144 Å². The summed E-state index contributed by atoms with van der Waals surface area (Å²) in [6, 6.07) is 6.54. The summed E-state index contributed by atoms with van der Waals surface area (Å²) in [5.41, 5.74) is 12.4. The number of aromatic nitrogens is 2. The summed E-state index contributed by atoms with van der Waals surface area (Å²) < 4.78 is 0. The maximum absolute atomic E-state index is 11.6. The van der Waals surface area contributed by atoms with E-state index < -0.39 is 24.5 Å². The number of aryl methyl sites for hydroxylation is 1. The number of rotatable bonds is 8. The van der Waals surface area contributed by atoms with Crippen LogP contribution < -0.4 is 22.1 Å². The van der Waals surface area contributed by atoms with Crippen LogP contribution in [-0.4, -0.2) is 39.5 Å². The second kappa shape index (κ2) is 8.06. The van der Waals surface area contributed by atoms with Gasteiger partial charge in [-0.05, 0) is 24.1 Å². The summed E-state index contributed by atoms with van der Waals surface area (Å²) in [5.74, 6) is -1.25. The van der Waals surface area contributed by atoms with Crippen molar-refractivity contribution in [2.45, 2.75) is 19.4 Å². The predicted octanol–water partition coefficient (Wildman–Crippen LogP) is 0.140. The Morgan fingerprint density at radius 2 is 2.08 bits per heavy atom. The van der Waals surface area contributed by atoms with E-state index in [4.69, 9.17) is 16.6 Å². The van der Waals surface area contributed by atoms with Crippen molar-refractivity contribution in [1.29, 1.82) is 0 Å². The van der Waals surface area contributed by atoms with Crippen LogP contribution >= 0.6 is 0 Å². The number of nitrogens with zero attached hydrogens (tertiary/aromatic N) is 2. The molecule has 1 heterocycles. The van der Waals surface area contributed by atoms with Crippen LogP contribution in [0.25, 0.3) is 0 Å². The van der Waals surface area contributed by atoms with E-state index in [9.17, 15) is 9.59 Å². The molecule has 9 heteroatoms. The van der Waals surface area contributed by atoms with Gasteiger partial charge in [0.15, 0.2) is 0 Å². The first-order chi connectivity index (χ1) is 11.9. The van der Waals surface area contributed by atoms with Crippen LogP contribution in [0.2, 0.25) is 0 Å². The molecular weight excluding hydrogens is 324 g/mol. The molecular formula is C16H20N6O3. The third-order valence-corrected chi connectivity index (χ3v) is 3.48. The maximum atomic E-state index is 11.6. The van der Waals surface area contributed by atoms with E-state index in [1.807, 2.05) is 31.2 Å². The lowest BCUT2D eigenvalue weighted by Crippen LogP contribution is -2.39. The van der Waals surface area contributed by atoms with Gasteiger partial charge >= 0.3 is 0 Å². The molecule has 2 amide bonds. The predicted molar refractivity (Wildman–Crippen MR) is 93.3 cm³/mol. The Hall–Kier alpha value is -3.20. The van der Waals surface area contributed by atoms with Crippen LogP contribution in [0, 0.1) is 0 Å². The fraction of sp³-hybridized carbons (Fsp3) is 0.250. The fourth-order valence-corrected chi connectivity index (χ4v) is 2.10. The standard InChI is InChI=1S/C16H20N6O3/c1-2-9-4-3-5-10(6-9)20-15-11(13(17)24)7-19-16(22-15)21-12(8-23)14(18)25/h3-7,12,23H,2,8H2,1H3,(H2,17,24)(H2,18,25)(H2,19,20,21,22)/t12-/m1/s1. The number of hydrogen-bond donors (Lipinski definition) is 5. The van der Waals surface area contributed by atoms with E-state index in [2.05, 4.69) is 20.6 Å². The Kier molecular flexibility index (Phi) is 5.85. The zero-order valence-electron chi connectivity index (χ0n) is 13.7. The Bertz CT molecular complexity index is 780. The number of anilines is 3. The van der Waals surface area contributed by atoms with E-state index in [-0.39, 0.29) is 17.3 Å². The van der Waals surface area contributed by atoms with Crippen molar-refractivity contribution in [1.82, 2.24) is 9.97 Å². The minimum absolute atomic E-state index is 0.0250.